The monoisotopic (exact) mass is 561 g/mol. The molecule has 1 saturated heterocycles. The normalized spacial score (nSPS) is 20.1. The predicted molar refractivity (Wildman–Crippen MR) is 172 cm³/mol. The van der Waals surface area contributed by atoms with Crippen LogP contribution in [0.2, 0.25) is 0 Å². The molecule has 7 heteroatoms. The summed E-state index contributed by atoms with van der Waals surface area (Å²) in [6.07, 6.45) is 18.0. The number of piperazine rings is 1. The van der Waals surface area contributed by atoms with Gasteiger partial charge in [-0.3, -0.25) is 4.90 Å². The van der Waals surface area contributed by atoms with Crippen LogP contribution >= 0.6 is 0 Å². The van der Waals surface area contributed by atoms with Gasteiger partial charge in [0.15, 0.2) is 0 Å². The van der Waals surface area contributed by atoms with Gasteiger partial charge in [0, 0.05) is 63.1 Å². The molecule has 3 aliphatic rings. The Balaban J connectivity index is 1.02. The largest absolute Gasteiger partial charge is 0.354 e. The molecule has 0 bridgehead atoms. The number of nitrogens with zero attached hydrogens (tertiary/aromatic N) is 4. The number of nitrogens with one attached hydrogen (secondary N) is 3. The highest BCUT2D eigenvalue weighted by Crippen LogP contribution is 2.24. The van der Waals surface area contributed by atoms with Crippen molar-refractivity contribution in [3.05, 3.63) is 47.2 Å². The van der Waals surface area contributed by atoms with Crippen LogP contribution in [0.1, 0.15) is 100 Å². The molecule has 226 valence electrons. The van der Waals surface area contributed by atoms with Gasteiger partial charge >= 0.3 is 0 Å². The van der Waals surface area contributed by atoms with Crippen molar-refractivity contribution in [2.24, 2.45) is 0 Å². The Morgan fingerprint density at radius 2 is 1.37 bits per heavy atom. The van der Waals surface area contributed by atoms with Crippen LogP contribution in [0.4, 0.5) is 11.8 Å². The van der Waals surface area contributed by atoms with E-state index in [1.807, 2.05) is 0 Å². The molecule has 1 aromatic heterocycles. The summed E-state index contributed by atoms with van der Waals surface area (Å²) in [7, 11) is 0. The molecule has 7 nitrogen and oxygen atoms in total. The van der Waals surface area contributed by atoms with Gasteiger partial charge < -0.3 is 20.9 Å². The van der Waals surface area contributed by atoms with E-state index >= 15 is 0 Å². The van der Waals surface area contributed by atoms with E-state index in [1.54, 1.807) is 0 Å². The predicted octanol–water partition coefficient (Wildman–Crippen LogP) is 6.03. The van der Waals surface area contributed by atoms with Crippen molar-refractivity contribution in [2.45, 2.75) is 116 Å². The summed E-state index contributed by atoms with van der Waals surface area (Å²) in [5.41, 5.74) is 3.61. The lowest BCUT2D eigenvalue weighted by molar-refractivity contribution is 0.156. The lowest BCUT2D eigenvalue weighted by atomic mass is 9.95. The van der Waals surface area contributed by atoms with Gasteiger partial charge in [0.2, 0.25) is 5.95 Å². The molecule has 2 saturated carbocycles. The molecule has 5 rings (SSSR count). The van der Waals surface area contributed by atoms with E-state index in [0.29, 0.717) is 0 Å². The first-order valence-electron chi connectivity index (χ1n) is 16.8. The Morgan fingerprint density at radius 3 is 2.10 bits per heavy atom. The molecule has 0 unspecified atom stereocenters. The maximum Gasteiger partial charge on any atom is 0.225 e. The van der Waals surface area contributed by atoms with E-state index in [0.717, 1.165) is 81.9 Å². The summed E-state index contributed by atoms with van der Waals surface area (Å²) >= 11 is 0. The quantitative estimate of drug-likeness (QED) is 0.273. The Morgan fingerprint density at radius 1 is 0.732 bits per heavy atom. The summed E-state index contributed by atoms with van der Waals surface area (Å²) in [6, 6.07) is 12.6. The van der Waals surface area contributed by atoms with Crippen LogP contribution in [0, 0.1) is 6.92 Å². The highest BCUT2D eigenvalue weighted by atomic mass is 15.3. The summed E-state index contributed by atoms with van der Waals surface area (Å²) in [5.74, 6) is 1.79. The average molecular weight is 562 g/mol. The van der Waals surface area contributed by atoms with Crippen molar-refractivity contribution in [1.82, 2.24) is 25.5 Å². The summed E-state index contributed by atoms with van der Waals surface area (Å²) in [5, 5.41) is 10.8. The standard InChI is InChI=1S/C34H55N7/c1-28-25-33(41-23-21-40(22-24-41)32-13-8-3-2-4-9-14-32)39-34(38-28)37-27-30-17-15-29(16-18-30)26-35-19-10-20-36-31-11-6-5-7-12-31/h15-18,25,31-32,35-36H,2-14,19-24,26-27H2,1H3,(H,37,38,39). The third-order valence-corrected chi connectivity index (χ3v) is 9.44. The second-order valence-electron chi connectivity index (χ2n) is 12.7. The first-order chi connectivity index (χ1) is 20.2. The second-order valence-corrected chi connectivity index (χ2v) is 12.7. The van der Waals surface area contributed by atoms with E-state index in [-0.39, 0.29) is 0 Å². The zero-order valence-electron chi connectivity index (χ0n) is 25.7. The van der Waals surface area contributed by atoms with Crippen molar-refractivity contribution in [2.75, 3.05) is 49.5 Å². The molecule has 3 N–H and O–H groups in total. The molecular weight excluding hydrogens is 506 g/mol. The molecule has 1 aromatic carbocycles. The van der Waals surface area contributed by atoms with Gasteiger partial charge in [0.05, 0.1) is 0 Å². The number of aryl methyl sites for hydroxylation is 1. The Hall–Kier alpha value is -2.22. The minimum Gasteiger partial charge on any atom is -0.354 e. The third-order valence-electron chi connectivity index (χ3n) is 9.44. The zero-order valence-corrected chi connectivity index (χ0v) is 25.7. The molecule has 2 heterocycles. The number of hydrogen-bond donors (Lipinski definition) is 3. The third kappa shape index (κ3) is 9.93. The molecule has 0 radical (unpaired) electrons. The second kappa shape index (κ2) is 16.4. The fraction of sp³-hybridized carbons (Fsp3) is 0.706. The van der Waals surface area contributed by atoms with E-state index in [1.165, 1.54) is 94.6 Å². The molecule has 41 heavy (non-hydrogen) atoms. The van der Waals surface area contributed by atoms with Crippen molar-refractivity contribution in [3.63, 3.8) is 0 Å². The van der Waals surface area contributed by atoms with Gasteiger partial charge in [-0.05, 0) is 63.2 Å². The molecule has 2 aromatic rings. The molecule has 0 amide bonds. The van der Waals surface area contributed by atoms with E-state index < -0.39 is 0 Å². The first-order valence-corrected chi connectivity index (χ1v) is 16.8. The summed E-state index contributed by atoms with van der Waals surface area (Å²) in [4.78, 5) is 14.8. The molecule has 0 atom stereocenters. The zero-order chi connectivity index (χ0) is 28.1. The maximum atomic E-state index is 4.92. The number of benzene rings is 1. The number of rotatable bonds is 12. The van der Waals surface area contributed by atoms with E-state index in [2.05, 4.69) is 68.0 Å². The molecule has 3 fully saturated rings. The molecule has 1 aliphatic heterocycles. The fourth-order valence-corrected chi connectivity index (χ4v) is 6.92. The van der Waals surface area contributed by atoms with Crippen molar-refractivity contribution < 1.29 is 0 Å². The van der Waals surface area contributed by atoms with Gasteiger partial charge in [-0.25, -0.2) is 4.98 Å². The van der Waals surface area contributed by atoms with Crippen LogP contribution in [0.25, 0.3) is 0 Å². The minimum atomic E-state index is 0.732. The van der Waals surface area contributed by atoms with Crippen molar-refractivity contribution in [1.29, 1.82) is 0 Å². The molecule has 2 aliphatic carbocycles. The highest BCUT2D eigenvalue weighted by molar-refractivity contribution is 5.45. The molecular formula is C34H55N7. The van der Waals surface area contributed by atoms with Crippen LogP contribution in [0.3, 0.4) is 0 Å². The topological polar surface area (TPSA) is 68.3 Å². The van der Waals surface area contributed by atoms with Gasteiger partial charge in [-0.1, -0.05) is 75.6 Å². The van der Waals surface area contributed by atoms with Gasteiger partial charge in [-0.15, -0.1) is 0 Å². The van der Waals surface area contributed by atoms with Gasteiger partial charge in [0.25, 0.3) is 0 Å². The Bertz CT molecular complexity index is 1000. The Kier molecular flexibility index (Phi) is 12.1. The average Bonchev–Trinajstić information content (AvgIpc) is 2.99. The van der Waals surface area contributed by atoms with Crippen LogP contribution in [0.15, 0.2) is 30.3 Å². The SMILES string of the molecule is Cc1cc(N2CCN(C3CCCCCCC3)CC2)nc(NCc2ccc(CNCCCNC3CCCCC3)cc2)n1. The minimum absolute atomic E-state index is 0.732. The molecule has 0 spiro atoms. The fourth-order valence-electron chi connectivity index (χ4n) is 6.92. The maximum absolute atomic E-state index is 4.92. The lowest BCUT2D eigenvalue weighted by Gasteiger charge is -2.40. The van der Waals surface area contributed by atoms with E-state index in [4.69, 9.17) is 4.98 Å². The first kappa shape index (κ1) is 30.2. The lowest BCUT2D eigenvalue weighted by Crippen LogP contribution is -2.50. The smallest absolute Gasteiger partial charge is 0.225 e. The van der Waals surface area contributed by atoms with Crippen LogP contribution in [-0.4, -0.2) is 66.2 Å². The number of hydrogen-bond acceptors (Lipinski definition) is 7. The van der Waals surface area contributed by atoms with Crippen molar-refractivity contribution >= 4 is 11.8 Å². The van der Waals surface area contributed by atoms with E-state index in [9.17, 15) is 0 Å². The van der Waals surface area contributed by atoms with Crippen LogP contribution < -0.4 is 20.9 Å². The van der Waals surface area contributed by atoms with Gasteiger partial charge in [-0.2, -0.15) is 4.98 Å². The number of anilines is 2. The summed E-state index contributed by atoms with van der Waals surface area (Å²) in [6.45, 7) is 10.3. The van der Waals surface area contributed by atoms with Crippen LogP contribution in [-0.2, 0) is 13.1 Å². The Labute approximate surface area is 249 Å². The van der Waals surface area contributed by atoms with Crippen molar-refractivity contribution in [3.8, 4) is 0 Å². The summed E-state index contributed by atoms with van der Waals surface area (Å²) < 4.78 is 0. The highest BCUT2D eigenvalue weighted by Gasteiger charge is 2.25. The van der Waals surface area contributed by atoms with Crippen LogP contribution in [0.5, 0.6) is 0 Å². The number of aromatic nitrogens is 2. The van der Waals surface area contributed by atoms with Gasteiger partial charge in [0.1, 0.15) is 5.82 Å².